The molecule has 2 rings (SSSR count). The summed E-state index contributed by atoms with van der Waals surface area (Å²) in [6, 6.07) is 1.07. The Bertz CT molecular complexity index is 361. The third-order valence-corrected chi connectivity index (χ3v) is 3.00. The molecule has 0 bridgehead atoms. The summed E-state index contributed by atoms with van der Waals surface area (Å²) in [5.41, 5.74) is 0. The maximum absolute atomic E-state index is 5.61. The zero-order chi connectivity index (χ0) is 13.0. The predicted octanol–water partition coefficient (Wildman–Crippen LogP) is 1.55. The molecule has 0 amide bonds. The van der Waals surface area contributed by atoms with Gasteiger partial charge in [-0.2, -0.15) is 0 Å². The lowest BCUT2D eigenvalue weighted by Crippen LogP contribution is -2.30. The Labute approximate surface area is 107 Å². The smallest absolute Gasteiger partial charge is 0.315 e. The Hall–Kier alpha value is -1.14. The van der Waals surface area contributed by atoms with Crippen molar-refractivity contribution >= 4 is 6.01 Å². The van der Waals surface area contributed by atoms with Gasteiger partial charge in [0.05, 0.1) is 18.7 Å². The van der Waals surface area contributed by atoms with Crippen LogP contribution in [-0.2, 0) is 11.3 Å². The van der Waals surface area contributed by atoms with Crippen LogP contribution < -0.4 is 10.6 Å². The van der Waals surface area contributed by atoms with Crippen molar-refractivity contribution in [3.05, 3.63) is 5.89 Å². The van der Waals surface area contributed by atoms with E-state index in [2.05, 4.69) is 41.6 Å². The monoisotopic (exact) mass is 254 g/mol. The van der Waals surface area contributed by atoms with Crippen molar-refractivity contribution in [3.8, 4) is 0 Å². The second-order valence-corrected chi connectivity index (χ2v) is 5.02. The number of anilines is 1. The molecule has 6 nitrogen and oxygen atoms in total. The maximum atomic E-state index is 5.61. The van der Waals surface area contributed by atoms with Crippen LogP contribution in [0.5, 0.6) is 0 Å². The lowest BCUT2D eigenvalue weighted by molar-refractivity contribution is 0.0989. The number of nitrogens with zero attached hydrogens (tertiary/aromatic N) is 2. The van der Waals surface area contributed by atoms with E-state index >= 15 is 0 Å². The summed E-state index contributed by atoms with van der Waals surface area (Å²) in [7, 11) is 0. The average Bonchev–Trinajstić information content (AvgIpc) is 2.97. The van der Waals surface area contributed by atoms with Crippen LogP contribution in [0.4, 0.5) is 6.01 Å². The van der Waals surface area contributed by atoms with Crippen molar-refractivity contribution in [1.29, 1.82) is 0 Å². The van der Waals surface area contributed by atoms with Gasteiger partial charge in [-0.15, -0.1) is 5.10 Å². The zero-order valence-corrected chi connectivity index (χ0v) is 11.3. The van der Waals surface area contributed by atoms with E-state index in [0.717, 1.165) is 19.4 Å². The molecule has 102 valence electrons. The quantitative estimate of drug-likeness (QED) is 0.802. The van der Waals surface area contributed by atoms with Gasteiger partial charge >= 0.3 is 6.01 Å². The predicted molar refractivity (Wildman–Crippen MR) is 68.3 cm³/mol. The van der Waals surface area contributed by atoms with Crippen LogP contribution in [0.3, 0.4) is 0 Å². The third-order valence-electron chi connectivity index (χ3n) is 3.00. The minimum absolute atomic E-state index is 0.193. The van der Waals surface area contributed by atoms with Gasteiger partial charge in [0.1, 0.15) is 0 Å². The Balaban J connectivity index is 1.82. The van der Waals surface area contributed by atoms with Crippen LogP contribution in [0.1, 0.15) is 39.5 Å². The van der Waals surface area contributed by atoms with Gasteiger partial charge in [-0.25, -0.2) is 0 Å². The minimum Gasteiger partial charge on any atom is -0.407 e. The van der Waals surface area contributed by atoms with Crippen molar-refractivity contribution in [1.82, 2.24) is 15.5 Å². The minimum atomic E-state index is 0.193. The molecule has 0 radical (unpaired) electrons. The first kappa shape index (κ1) is 13.3. The normalized spacial score (nSPS) is 21.4. The van der Waals surface area contributed by atoms with Crippen LogP contribution in [0.15, 0.2) is 4.42 Å². The van der Waals surface area contributed by atoms with E-state index in [1.165, 1.54) is 0 Å². The van der Waals surface area contributed by atoms with E-state index in [1.54, 1.807) is 0 Å². The van der Waals surface area contributed by atoms with Crippen LogP contribution in [-0.4, -0.2) is 35.0 Å². The zero-order valence-electron chi connectivity index (χ0n) is 11.3. The standard InChI is InChI=1S/C12H22N4O2/c1-8(2)13-7-11-15-16-12(18-11)14-9(3)10-5-4-6-17-10/h8-10,13H,4-7H2,1-3H3,(H,14,16). The highest BCUT2D eigenvalue weighted by atomic mass is 16.5. The van der Waals surface area contributed by atoms with Crippen molar-refractivity contribution in [2.75, 3.05) is 11.9 Å². The van der Waals surface area contributed by atoms with E-state index < -0.39 is 0 Å². The van der Waals surface area contributed by atoms with E-state index in [4.69, 9.17) is 9.15 Å². The van der Waals surface area contributed by atoms with E-state index in [9.17, 15) is 0 Å². The molecule has 1 fully saturated rings. The molecule has 2 unspecified atom stereocenters. The van der Waals surface area contributed by atoms with Gasteiger partial charge in [0, 0.05) is 12.6 Å². The molecule has 18 heavy (non-hydrogen) atoms. The lowest BCUT2D eigenvalue weighted by atomic mass is 10.1. The molecule has 1 aromatic heterocycles. The number of aromatic nitrogens is 2. The van der Waals surface area contributed by atoms with Gasteiger partial charge < -0.3 is 19.8 Å². The third kappa shape index (κ3) is 3.68. The molecule has 6 heteroatoms. The molecule has 1 saturated heterocycles. The second kappa shape index (κ2) is 6.15. The SMILES string of the molecule is CC(C)NCc1nnc(NC(C)C2CCCO2)o1. The number of ether oxygens (including phenoxy) is 1. The van der Waals surface area contributed by atoms with Crippen LogP contribution in [0, 0.1) is 0 Å². The summed E-state index contributed by atoms with van der Waals surface area (Å²) in [6.45, 7) is 7.68. The number of hydrogen-bond acceptors (Lipinski definition) is 6. The van der Waals surface area contributed by atoms with Gasteiger partial charge in [0.25, 0.3) is 0 Å². The summed E-state index contributed by atoms with van der Waals surface area (Å²) in [6.07, 6.45) is 2.46. The first-order valence-electron chi connectivity index (χ1n) is 6.59. The Morgan fingerprint density at radius 2 is 2.17 bits per heavy atom. The first-order valence-corrected chi connectivity index (χ1v) is 6.59. The van der Waals surface area contributed by atoms with Gasteiger partial charge in [0.15, 0.2) is 0 Å². The largest absolute Gasteiger partial charge is 0.407 e. The van der Waals surface area contributed by atoms with Gasteiger partial charge in [-0.05, 0) is 19.8 Å². The highest BCUT2D eigenvalue weighted by Gasteiger charge is 2.23. The van der Waals surface area contributed by atoms with Gasteiger partial charge in [-0.3, -0.25) is 0 Å². The van der Waals surface area contributed by atoms with Gasteiger partial charge in [0.2, 0.25) is 5.89 Å². The molecule has 2 heterocycles. The Morgan fingerprint density at radius 3 is 2.83 bits per heavy atom. The number of rotatable bonds is 6. The van der Waals surface area contributed by atoms with E-state index in [1.807, 2.05) is 0 Å². The highest BCUT2D eigenvalue weighted by molar-refractivity contribution is 5.20. The number of nitrogens with one attached hydrogen (secondary N) is 2. The summed E-state index contributed by atoms with van der Waals surface area (Å²) < 4.78 is 11.1. The fourth-order valence-corrected chi connectivity index (χ4v) is 1.96. The first-order chi connectivity index (χ1) is 8.65. The molecule has 1 aromatic rings. The summed E-state index contributed by atoms with van der Waals surface area (Å²) in [4.78, 5) is 0. The maximum Gasteiger partial charge on any atom is 0.315 e. The topological polar surface area (TPSA) is 72.2 Å². The van der Waals surface area contributed by atoms with Crippen molar-refractivity contribution < 1.29 is 9.15 Å². The van der Waals surface area contributed by atoms with Crippen LogP contribution >= 0.6 is 0 Å². The average molecular weight is 254 g/mol. The summed E-state index contributed by atoms with van der Waals surface area (Å²) in [5.74, 6) is 0.603. The Kier molecular flexibility index (Phi) is 4.54. The molecule has 1 aliphatic heterocycles. The molecule has 1 aliphatic rings. The second-order valence-electron chi connectivity index (χ2n) is 5.02. The van der Waals surface area contributed by atoms with E-state index in [0.29, 0.717) is 24.5 Å². The summed E-state index contributed by atoms with van der Waals surface area (Å²) >= 11 is 0. The fraction of sp³-hybridized carbons (Fsp3) is 0.833. The molecule has 2 atom stereocenters. The lowest BCUT2D eigenvalue weighted by Gasteiger charge is -2.18. The molecule has 0 saturated carbocycles. The number of hydrogen-bond donors (Lipinski definition) is 2. The van der Waals surface area contributed by atoms with Crippen LogP contribution in [0.25, 0.3) is 0 Å². The van der Waals surface area contributed by atoms with E-state index in [-0.39, 0.29) is 12.1 Å². The van der Waals surface area contributed by atoms with Crippen LogP contribution in [0.2, 0.25) is 0 Å². The van der Waals surface area contributed by atoms with Crippen molar-refractivity contribution in [3.63, 3.8) is 0 Å². The van der Waals surface area contributed by atoms with Gasteiger partial charge in [-0.1, -0.05) is 18.9 Å². The Morgan fingerprint density at radius 1 is 1.33 bits per heavy atom. The fourth-order valence-electron chi connectivity index (χ4n) is 1.96. The highest BCUT2D eigenvalue weighted by Crippen LogP contribution is 2.18. The van der Waals surface area contributed by atoms with Crippen molar-refractivity contribution in [2.24, 2.45) is 0 Å². The molecular weight excluding hydrogens is 232 g/mol. The molecule has 0 spiro atoms. The summed E-state index contributed by atoms with van der Waals surface area (Å²) in [5, 5.41) is 14.4. The molecular formula is C12H22N4O2. The van der Waals surface area contributed by atoms with Crippen molar-refractivity contribution in [2.45, 2.75) is 58.3 Å². The molecule has 0 aromatic carbocycles. The molecule has 2 N–H and O–H groups in total. The molecule has 0 aliphatic carbocycles.